The Bertz CT molecular complexity index is 491. The van der Waals surface area contributed by atoms with E-state index in [1.807, 2.05) is 24.4 Å². The van der Waals surface area contributed by atoms with E-state index in [-0.39, 0.29) is 0 Å². The lowest BCUT2D eigenvalue weighted by Gasteiger charge is -2.06. The number of rotatable bonds is 2. The molecule has 0 aliphatic heterocycles. The molecule has 0 saturated heterocycles. The summed E-state index contributed by atoms with van der Waals surface area (Å²) >= 11 is 1.53. The van der Waals surface area contributed by atoms with Crippen molar-refractivity contribution >= 4 is 17.2 Å². The molecule has 1 amide bonds. The SMILES string of the molecule is Cc1c(C(N)=O)cccc1-c1cscn1. The first-order chi connectivity index (χ1) is 7.20. The van der Waals surface area contributed by atoms with Crippen LogP contribution >= 0.6 is 11.3 Å². The van der Waals surface area contributed by atoms with Crippen LogP contribution in [0.1, 0.15) is 15.9 Å². The van der Waals surface area contributed by atoms with Gasteiger partial charge in [0.05, 0.1) is 11.2 Å². The van der Waals surface area contributed by atoms with Gasteiger partial charge in [0.1, 0.15) is 0 Å². The first kappa shape index (κ1) is 9.86. The second-order valence-corrected chi connectivity index (χ2v) is 3.93. The lowest BCUT2D eigenvalue weighted by Crippen LogP contribution is -2.12. The molecule has 0 fully saturated rings. The Morgan fingerprint density at radius 1 is 1.47 bits per heavy atom. The monoisotopic (exact) mass is 218 g/mol. The molecule has 2 rings (SSSR count). The van der Waals surface area contributed by atoms with Crippen LogP contribution in [0.3, 0.4) is 0 Å². The number of primary amides is 1. The van der Waals surface area contributed by atoms with E-state index in [0.717, 1.165) is 16.8 Å². The van der Waals surface area contributed by atoms with Gasteiger partial charge in [-0.3, -0.25) is 4.79 Å². The Morgan fingerprint density at radius 3 is 2.87 bits per heavy atom. The lowest BCUT2D eigenvalue weighted by molar-refractivity contribution is 0.1000. The van der Waals surface area contributed by atoms with E-state index in [9.17, 15) is 4.79 Å². The summed E-state index contributed by atoms with van der Waals surface area (Å²) in [6.07, 6.45) is 0. The summed E-state index contributed by atoms with van der Waals surface area (Å²) < 4.78 is 0. The number of hydrogen-bond donors (Lipinski definition) is 1. The minimum absolute atomic E-state index is 0.399. The molecule has 0 bridgehead atoms. The first-order valence-corrected chi connectivity index (χ1v) is 5.42. The van der Waals surface area contributed by atoms with Crippen LogP contribution in [0, 0.1) is 6.92 Å². The van der Waals surface area contributed by atoms with Crippen LogP contribution in [-0.2, 0) is 0 Å². The first-order valence-electron chi connectivity index (χ1n) is 4.48. The van der Waals surface area contributed by atoms with Gasteiger partial charge in [0.25, 0.3) is 0 Å². The van der Waals surface area contributed by atoms with Gasteiger partial charge < -0.3 is 5.73 Å². The van der Waals surface area contributed by atoms with E-state index in [1.165, 1.54) is 11.3 Å². The molecule has 15 heavy (non-hydrogen) atoms. The molecule has 0 aliphatic carbocycles. The normalized spacial score (nSPS) is 10.2. The number of carbonyl (C=O) groups is 1. The molecule has 2 aromatic rings. The summed E-state index contributed by atoms with van der Waals surface area (Å²) in [6, 6.07) is 5.49. The quantitative estimate of drug-likeness (QED) is 0.840. The predicted octanol–water partition coefficient (Wildman–Crippen LogP) is 2.22. The number of hydrogen-bond acceptors (Lipinski definition) is 3. The van der Waals surface area contributed by atoms with Gasteiger partial charge in [0.2, 0.25) is 5.91 Å². The van der Waals surface area contributed by atoms with Gasteiger partial charge >= 0.3 is 0 Å². The minimum Gasteiger partial charge on any atom is -0.366 e. The number of thiazole rings is 1. The number of benzene rings is 1. The minimum atomic E-state index is -0.399. The molecule has 0 unspecified atom stereocenters. The molecular formula is C11H10N2OS. The van der Waals surface area contributed by atoms with Crippen molar-refractivity contribution in [2.24, 2.45) is 5.73 Å². The molecule has 4 heteroatoms. The Balaban J connectivity index is 2.59. The zero-order chi connectivity index (χ0) is 10.8. The average molecular weight is 218 g/mol. The van der Waals surface area contributed by atoms with Gasteiger partial charge in [-0.05, 0) is 18.6 Å². The topological polar surface area (TPSA) is 56.0 Å². The summed E-state index contributed by atoms with van der Waals surface area (Å²) in [5.41, 5.74) is 10.3. The highest BCUT2D eigenvalue weighted by atomic mass is 32.1. The number of nitrogens with two attached hydrogens (primary N) is 1. The predicted molar refractivity (Wildman–Crippen MR) is 60.8 cm³/mol. The van der Waals surface area contributed by atoms with Crippen LogP contribution in [0.5, 0.6) is 0 Å². The van der Waals surface area contributed by atoms with Gasteiger partial charge in [0.15, 0.2) is 0 Å². The van der Waals surface area contributed by atoms with E-state index >= 15 is 0 Å². The average Bonchev–Trinajstić information content (AvgIpc) is 2.70. The lowest BCUT2D eigenvalue weighted by atomic mass is 10.0. The highest BCUT2D eigenvalue weighted by Gasteiger charge is 2.10. The second-order valence-electron chi connectivity index (χ2n) is 3.22. The maximum atomic E-state index is 11.1. The van der Waals surface area contributed by atoms with Crippen molar-refractivity contribution in [3.8, 4) is 11.3 Å². The molecular weight excluding hydrogens is 208 g/mol. The van der Waals surface area contributed by atoms with Gasteiger partial charge in [-0.15, -0.1) is 11.3 Å². The molecule has 1 heterocycles. The number of carbonyl (C=O) groups excluding carboxylic acids is 1. The summed E-state index contributed by atoms with van der Waals surface area (Å²) in [5, 5.41) is 1.95. The largest absolute Gasteiger partial charge is 0.366 e. The van der Waals surface area contributed by atoms with Crippen molar-refractivity contribution in [3.05, 3.63) is 40.2 Å². The van der Waals surface area contributed by atoms with Gasteiger partial charge in [0, 0.05) is 16.5 Å². The third kappa shape index (κ3) is 1.76. The Hall–Kier alpha value is -1.68. The van der Waals surface area contributed by atoms with Crippen LogP contribution in [0.15, 0.2) is 29.1 Å². The van der Waals surface area contributed by atoms with Crippen LogP contribution in [0.25, 0.3) is 11.3 Å². The molecule has 0 atom stereocenters. The van der Waals surface area contributed by atoms with E-state index < -0.39 is 5.91 Å². The smallest absolute Gasteiger partial charge is 0.248 e. The fourth-order valence-corrected chi connectivity index (χ4v) is 2.08. The molecule has 0 spiro atoms. The summed E-state index contributed by atoms with van der Waals surface area (Å²) in [5.74, 6) is -0.399. The van der Waals surface area contributed by atoms with Crippen molar-refractivity contribution in [3.63, 3.8) is 0 Å². The zero-order valence-corrected chi connectivity index (χ0v) is 9.04. The standard InChI is InChI=1S/C11H10N2OS/c1-7-8(10-5-15-6-13-10)3-2-4-9(7)11(12)14/h2-6H,1H3,(H2,12,14). The maximum Gasteiger partial charge on any atom is 0.248 e. The van der Waals surface area contributed by atoms with Crippen molar-refractivity contribution in [1.29, 1.82) is 0 Å². The number of nitrogens with zero attached hydrogens (tertiary/aromatic N) is 1. The van der Waals surface area contributed by atoms with Crippen LogP contribution in [-0.4, -0.2) is 10.9 Å². The van der Waals surface area contributed by atoms with E-state index in [1.54, 1.807) is 11.6 Å². The van der Waals surface area contributed by atoms with Crippen molar-refractivity contribution < 1.29 is 4.79 Å². The van der Waals surface area contributed by atoms with Gasteiger partial charge in [-0.2, -0.15) is 0 Å². The van der Waals surface area contributed by atoms with Gasteiger partial charge in [-0.1, -0.05) is 12.1 Å². The highest BCUT2D eigenvalue weighted by Crippen LogP contribution is 2.25. The van der Waals surface area contributed by atoms with Crippen molar-refractivity contribution in [2.75, 3.05) is 0 Å². The van der Waals surface area contributed by atoms with Gasteiger partial charge in [-0.25, -0.2) is 4.98 Å². The van der Waals surface area contributed by atoms with E-state index in [0.29, 0.717) is 5.56 Å². The highest BCUT2D eigenvalue weighted by molar-refractivity contribution is 7.07. The summed E-state index contributed by atoms with van der Waals surface area (Å²) in [6.45, 7) is 1.88. The fourth-order valence-electron chi connectivity index (χ4n) is 1.53. The van der Waals surface area contributed by atoms with E-state index in [2.05, 4.69) is 4.98 Å². The fraction of sp³-hybridized carbons (Fsp3) is 0.0909. The van der Waals surface area contributed by atoms with Crippen molar-refractivity contribution in [2.45, 2.75) is 6.92 Å². The molecule has 1 aromatic carbocycles. The Morgan fingerprint density at radius 2 is 2.27 bits per heavy atom. The molecule has 0 aliphatic rings. The molecule has 76 valence electrons. The summed E-state index contributed by atoms with van der Waals surface area (Å²) in [4.78, 5) is 15.4. The molecule has 0 radical (unpaired) electrons. The van der Waals surface area contributed by atoms with Crippen LogP contribution in [0.2, 0.25) is 0 Å². The second kappa shape index (κ2) is 3.82. The molecule has 1 aromatic heterocycles. The third-order valence-electron chi connectivity index (χ3n) is 2.31. The Labute approximate surface area is 91.6 Å². The maximum absolute atomic E-state index is 11.1. The number of aromatic nitrogens is 1. The van der Waals surface area contributed by atoms with Crippen LogP contribution in [0.4, 0.5) is 0 Å². The number of amides is 1. The summed E-state index contributed by atoms with van der Waals surface area (Å²) in [7, 11) is 0. The molecule has 2 N–H and O–H groups in total. The zero-order valence-electron chi connectivity index (χ0n) is 8.23. The molecule has 3 nitrogen and oxygen atoms in total. The molecule has 0 saturated carbocycles. The van der Waals surface area contributed by atoms with Crippen LogP contribution < -0.4 is 5.73 Å². The Kier molecular flexibility index (Phi) is 2.51. The van der Waals surface area contributed by atoms with Crippen molar-refractivity contribution in [1.82, 2.24) is 4.98 Å². The third-order valence-corrected chi connectivity index (χ3v) is 2.89. The van der Waals surface area contributed by atoms with E-state index in [4.69, 9.17) is 5.73 Å².